The highest BCUT2D eigenvalue weighted by molar-refractivity contribution is 5.07. The Hall–Kier alpha value is -1.62. The zero-order chi connectivity index (χ0) is 11.2. The molecule has 0 saturated heterocycles. The number of hydrogen-bond donors (Lipinski definition) is 1. The summed E-state index contributed by atoms with van der Waals surface area (Å²) in [6.07, 6.45) is 4.33. The normalized spacial score (nSPS) is 10.8. The van der Waals surface area contributed by atoms with Crippen LogP contribution >= 0.6 is 0 Å². The number of hydrogen-bond acceptors (Lipinski definition) is 4. The Morgan fingerprint density at radius 1 is 1.38 bits per heavy atom. The zero-order valence-electron chi connectivity index (χ0n) is 9.39. The summed E-state index contributed by atoms with van der Waals surface area (Å²) in [4.78, 5) is 3.88. The fourth-order valence-electron chi connectivity index (χ4n) is 1.46. The minimum Gasteiger partial charge on any atom is -0.463 e. The largest absolute Gasteiger partial charge is 0.463 e. The lowest BCUT2D eigenvalue weighted by Gasteiger charge is -1.99. The molecule has 5 nitrogen and oxygen atoms in total. The van der Waals surface area contributed by atoms with E-state index in [4.69, 9.17) is 4.42 Å². The topological polar surface area (TPSA) is 55.9 Å². The summed E-state index contributed by atoms with van der Waals surface area (Å²) in [5.74, 6) is 1.86. The first-order valence-corrected chi connectivity index (χ1v) is 5.49. The van der Waals surface area contributed by atoms with Crippen molar-refractivity contribution in [1.82, 2.24) is 20.1 Å². The van der Waals surface area contributed by atoms with Gasteiger partial charge < -0.3 is 9.73 Å². The lowest BCUT2D eigenvalue weighted by Crippen LogP contribution is -2.13. The van der Waals surface area contributed by atoms with Gasteiger partial charge in [-0.05, 0) is 25.1 Å². The van der Waals surface area contributed by atoms with Gasteiger partial charge in [-0.1, -0.05) is 6.92 Å². The average Bonchev–Trinajstić information content (AvgIpc) is 2.91. The molecule has 0 radical (unpaired) electrons. The smallest absolute Gasteiger partial charge is 0.137 e. The minimum atomic E-state index is 0.633. The Morgan fingerprint density at radius 3 is 3.00 bits per heavy atom. The maximum Gasteiger partial charge on any atom is 0.137 e. The van der Waals surface area contributed by atoms with Crippen LogP contribution in [0.5, 0.6) is 0 Å². The van der Waals surface area contributed by atoms with E-state index in [1.54, 1.807) is 11.0 Å². The molecule has 1 N–H and O–H groups in total. The third-order valence-electron chi connectivity index (χ3n) is 2.23. The van der Waals surface area contributed by atoms with Crippen molar-refractivity contribution < 1.29 is 4.42 Å². The van der Waals surface area contributed by atoms with Gasteiger partial charge in [-0.25, -0.2) is 9.67 Å². The molecule has 0 fully saturated rings. The van der Waals surface area contributed by atoms with Crippen LogP contribution < -0.4 is 5.32 Å². The van der Waals surface area contributed by atoms with Gasteiger partial charge in [0.2, 0.25) is 0 Å². The molecule has 0 atom stereocenters. The van der Waals surface area contributed by atoms with Crippen LogP contribution in [-0.4, -0.2) is 21.3 Å². The summed E-state index contributed by atoms with van der Waals surface area (Å²) in [7, 11) is 0. The first-order valence-electron chi connectivity index (χ1n) is 5.49. The summed E-state index contributed by atoms with van der Waals surface area (Å²) in [6.45, 7) is 4.57. The summed E-state index contributed by atoms with van der Waals surface area (Å²) < 4.78 is 7.39. The number of nitrogens with one attached hydrogen (secondary N) is 1. The average molecular weight is 220 g/mol. The summed E-state index contributed by atoms with van der Waals surface area (Å²) >= 11 is 0. The van der Waals surface area contributed by atoms with Crippen LogP contribution in [0.1, 0.15) is 24.9 Å². The van der Waals surface area contributed by atoms with Crippen molar-refractivity contribution in [2.45, 2.75) is 26.4 Å². The lowest BCUT2D eigenvalue weighted by atomic mass is 10.4. The molecule has 2 rings (SSSR count). The highest BCUT2D eigenvalue weighted by atomic mass is 16.3. The van der Waals surface area contributed by atoms with Crippen molar-refractivity contribution in [1.29, 1.82) is 0 Å². The summed E-state index contributed by atoms with van der Waals surface area (Å²) in [5.41, 5.74) is 0. The quantitative estimate of drug-likeness (QED) is 0.748. The number of furan rings is 1. The van der Waals surface area contributed by atoms with Crippen molar-refractivity contribution in [2.24, 2.45) is 0 Å². The summed E-state index contributed by atoms with van der Waals surface area (Å²) in [6, 6.07) is 3.97. The van der Waals surface area contributed by atoms with E-state index in [1.165, 1.54) is 6.33 Å². The van der Waals surface area contributed by atoms with E-state index in [-0.39, 0.29) is 0 Å². The molecule has 2 aromatic heterocycles. The van der Waals surface area contributed by atoms with Gasteiger partial charge in [-0.15, -0.1) is 0 Å². The SMILES string of the molecule is CCCNCc1ccc(Cn2cncn2)o1. The molecule has 16 heavy (non-hydrogen) atoms. The standard InChI is InChI=1S/C11H16N4O/c1-2-5-12-6-10-3-4-11(16-10)7-15-9-13-8-14-15/h3-4,8-9,12H,2,5-7H2,1H3. The van der Waals surface area contributed by atoms with Gasteiger partial charge in [0.15, 0.2) is 0 Å². The maximum atomic E-state index is 5.65. The van der Waals surface area contributed by atoms with Crippen LogP contribution in [0, 0.1) is 0 Å². The van der Waals surface area contributed by atoms with Gasteiger partial charge in [0.25, 0.3) is 0 Å². The van der Waals surface area contributed by atoms with Gasteiger partial charge in [-0.3, -0.25) is 0 Å². The van der Waals surface area contributed by atoms with Crippen molar-refractivity contribution in [2.75, 3.05) is 6.54 Å². The van der Waals surface area contributed by atoms with Crippen LogP contribution in [0.25, 0.3) is 0 Å². The van der Waals surface area contributed by atoms with E-state index >= 15 is 0 Å². The molecule has 2 aromatic rings. The fraction of sp³-hybridized carbons (Fsp3) is 0.455. The van der Waals surface area contributed by atoms with Crippen molar-refractivity contribution in [3.63, 3.8) is 0 Å². The minimum absolute atomic E-state index is 0.633. The van der Waals surface area contributed by atoms with Crippen LogP contribution in [-0.2, 0) is 13.1 Å². The van der Waals surface area contributed by atoms with Crippen LogP contribution in [0.3, 0.4) is 0 Å². The van der Waals surface area contributed by atoms with Crippen LogP contribution in [0.15, 0.2) is 29.2 Å². The van der Waals surface area contributed by atoms with E-state index in [0.717, 1.165) is 31.0 Å². The number of nitrogens with zero attached hydrogens (tertiary/aromatic N) is 3. The van der Waals surface area contributed by atoms with E-state index < -0.39 is 0 Å². The number of rotatable bonds is 6. The highest BCUT2D eigenvalue weighted by Gasteiger charge is 2.02. The third kappa shape index (κ3) is 2.93. The molecule has 0 aliphatic rings. The molecular weight excluding hydrogens is 204 g/mol. The molecule has 2 heterocycles. The second-order valence-electron chi connectivity index (χ2n) is 3.64. The second-order valence-corrected chi connectivity index (χ2v) is 3.64. The first-order chi connectivity index (χ1) is 7.88. The Kier molecular flexibility index (Phi) is 3.71. The zero-order valence-corrected chi connectivity index (χ0v) is 9.39. The van der Waals surface area contributed by atoms with Crippen molar-refractivity contribution in [3.8, 4) is 0 Å². The van der Waals surface area contributed by atoms with E-state index in [1.807, 2.05) is 12.1 Å². The molecule has 0 spiro atoms. The molecule has 0 aliphatic carbocycles. The van der Waals surface area contributed by atoms with E-state index in [9.17, 15) is 0 Å². The van der Waals surface area contributed by atoms with E-state index in [0.29, 0.717) is 6.54 Å². The predicted octanol–water partition coefficient (Wildman–Crippen LogP) is 1.42. The Bertz CT molecular complexity index is 407. The molecular formula is C11H16N4O. The predicted molar refractivity (Wildman–Crippen MR) is 59.8 cm³/mol. The van der Waals surface area contributed by atoms with Gasteiger partial charge in [0.1, 0.15) is 30.7 Å². The molecule has 0 aromatic carbocycles. The summed E-state index contributed by atoms with van der Waals surface area (Å²) in [5, 5.41) is 7.32. The third-order valence-corrected chi connectivity index (χ3v) is 2.23. The number of aromatic nitrogens is 3. The molecule has 0 amide bonds. The monoisotopic (exact) mass is 220 g/mol. The Morgan fingerprint density at radius 2 is 2.25 bits per heavy atom. The van der Waals surface area contributed by atoms with Gasteiger partial charge >= 0.3 is 0 Å². The van der Waals surface area contributed by atoms with Crippen LogP contribution in [0.4, 0.5) is 0 Å². The Balaban J connectivity index is 1.87. The van der Waals surface area contributed by atoms with Gasteiger partial charge in [0.05, 0.1) is 6.54 Å². The highest BCUT2D eigenvalue weighted by Crippen LogP contribution is 2.08. The maximum absolute atomic E-state index is 5.65. The molecule has 0 saturated carbocycles. The molecule has 0 aliphatic heterocycles. The van der Waals surface area contributed by atoms with E-state index in [2.05, 4.69) is 22.3 Å². The Labute approximate surface area is 94.5 Å². The van der Waals surface area contributed by atoms with Crippen molar-refractivity contribution in [3.05, 3.63) is 36.3 Å². The van der Waals surface area contributed by atoms with Gasteiger partial charge in [-0.2, -0.15) is 5.10 Å². The second kappa shape index (κ2) is 5.46. The van der Waals surface area contributed by atoms with Gasteiger partial charge in [0, 0.05) is 0 Å². The molecule has 86 valence electrons. The molecule has 5 heteroatoms. The molecule has 0 bridgehead atoms. The first kappa shape index (κ1) is 10.9. The fourth-order valence-corrected chi connectivity index (χ4v) is 1.46. The lowest BCUT2D eigenvalue weighted by molar-refractivity contribution is 0.430. The van der Waals surface area contributed by atoms with Crippen molar-refractivity contribution >= 4 is 0 Å². The van der Waals surface area contributed by atoms with Crippen LogP contribution in [0.2, 0.25) is 0 Å². The molecule has 0 unspecified atom stereocenters.